The number of thiocarbonyl (C=S) groups is 1. The van der Waals surface area contributed by atoms with Crippen molar-refractivity contribution in [2.24, 2.45) is 5.73 Å². The molecule has 3 nitrogen and oxygen atoms in total. The lowest BCUT2D eigenvalue weighted by atomic mass is 10.0. The SMILES string of the molecule is Cc1ccc(C(C)Nc2nccc(C)c2C(N)=S)cc1F. The van der Waals surface area contributed by atoms with E-state index in [1.807, 2.05) is 26.0 Å². The molecular formula is C16H18FN3S. The summed E-state index contributed by atoms with van der Waals surface area (Å²) in [4.78, 5) is 4.59. The highest BCUT2D eigenvalue weighted by molar-refractivity contribution is 7.80. The number of anilines is 1. The minimum Gasteiger partial charge on any atom is -0.389 e. The van der Waals surface area contributed by atoms with Crippen LogP contribution in [0.2, 0.25) is 0 Å². The number of hydrogen-bond acceptors (Lipinski definition) is 3. The monoisotopic (exact) mass is 303 g/mol. The fourth-order valence-electron chi connectivity index (χ4n) is 2.15. The second-order valence-electron chi connectivity index (χ2n) is 5.09. The number of rotatable bonds is 4. The zero-order valence-corrected chi connectivity index (χ0v) is 13.1. The summed E-state index contributed by atoms with van der Waals surface area (Å²) < 4.78 is 13.7. The fourth-order valence-corrected chi connectivity index (χ4v) is 2.40. The minimum atomic E-state index is -0.215. The zero-order chi connectivity index (χ0) is 15.6. The summed E-state index contributed by atoms with van der Waals surface area (Å²) in [7, 11) is 0. The summed E-state index contributed by atoms with van der Waals surface area (Å²) in [5, 5.41) is 3.25. The fraction of sp³-hybridized carbons (Fsp3) is 0.250. The summed E-state index contributed by atoms with van der Waals surface area (Å²) in [5.74, 6) is 0.406. The first kappa shape index (κ1) is 15.4. The number of hydrogen-bond donors (Lipinski definition) is 2. The van der Waals surface area contributed by atoms with Gasteiger partial charge in [-0.25, -0.2) is 9.37 Å². The van der Waals surface area contributed by atoms with Crippen molar-refractivity contribution in [2.75, 3.05) is 5.32 Å². The summed E-state index contributed by atoms with van der Waals surface area (Å²) in [6.07, 6.45) is 1.70. The lowest BCUT2D eigenvalue weighted by Crippen LogP contribution is -2.17. The third-order valence-electron chi connectivity index (χ3n) is 3.45. The van der Waals surface area contributed by atoms with Crippen LogP contribution in [-0.4, -0.2) is 9.97 Å². The Kier molecular flexibility index (Phi) is 4.53. The van der Waals surface area contributed by atoms with E-state index in [9.17, 15) is 4.39 Å². The first-order valence-electron chi connectivity index (χ1n) is 6.68. The molecule has 1 unspecified atom stereocenters. The number of pyridine rings is 1. The largest absolute Gasteiger partial charge is 0.389 e. The average Bonchev–Trinajstić information content (AvgIpc) is 2.41. The molecule has 0 amide bonds. The van der Waals surface area contributed by atoms with Crippen molar-refractivity contribution < 1.29 is 4.39 Å². The van der Waals surface area contributed by atoms with Crippen LogP contribution in [0.25, 0.3) is 0 Å². The van der Waals surface area contributed by atoms with E-state index in [1.54, 1.807) is 19.2 Å². The van der Waals surface area contributed by atoms with Gasteiger partial charge in [-0.15, -0.1) is 0 Å². The Morgan fingerprint density at radius 3 is 2.62 bits per heavy atom. The third kappa shape index (κ3) is 3.36. The highest BCUT2D eigenvalue weighted by Crippen LogP contribution is 2.23. The molecule has 1 aromatic carbocycles. The van der Waals surface area contributed by atoms with Gasteiger partial charge in [-0.3, -0.25) is 0 Å². The Morgan fingerprint density at radius 1 is 1.29 bits per heavy atom. The highest BCUT2D eigenvalue weighted by Gasteiger charge is 2.14. The van der Waals surface area contributed by atoms with Crippen LogP contribution in [0.3, 0.4) is 0 Å². The van der Waals surface area contributed by atoms with E-state index in [1.165, 1.54) is 6.07 Å². The van der Waals surface area contributed by atoms with Crippen LogP contribution >= 0.6 is 12.2 Å². The van der Waals surface area contributed by atoms with Crippen molar-refractivity contribution >= 4 is 23.0 Å². The number of nitrogens with zero attached hydrogens (tertiary/aromatic N) is 1. The van der Waals surface area contributed by atoms with Crippen molar-refractivity contribution in [1.82, 2.24) is 4.98 Å². The number of benzene rings is 1. The average molecular weight is 303 g/mol. The minimum absolute atomic E-state index is 0.109. The van der Waals surface area contributed by atoms with Crippen molar-refractivity contribution in [2.45, 2.75) is 26.8 Å². The van der Waals surface area contributed by atoms with Crippen molar-refractivity contribution in [1.29, 1.82) is 0 Å². The molecule has 0 aliphatic heterocycles. The normalized spacial score (nSPS) is 12.0. The number of halogens is 1. The molecule has 0 bridgehead atoms. The lowest BCUT2D eigenvalue weighted by molar-refractivity contribution is 0.614. The highest BCUT2D eigenvalue weighted by atomic mass is 32.1. The zero-order valence-electron chi connectivity index (χ0n) is 12.3. The number of aromatic nitrogens is 1. The molecule has 0 aliphatic carbocycles. The van der Waals surface area contributed by atoms with Gasteiger partial charge in [0.1, 0.15) is 16.6 Å². The van der Waals surface area contributed by atoms with Crippen LogP contribution in [-0.2, 0) is 0 Å². The number of aryl methyl sites for hydroxylation is 2. The van der Waals surface area contributed by atoms with E-state index < -0.39 is 0 Å². The van der Waals surface area contributed by atoms with Crippen LogP contribution in [0.15, 0.2) is 30.5 Å². The van der Waals surface area contributed by atoms with Gasteiger partial charge in [0.05, 0.1) is 11.6 Å². The predicted molar refractivity (Wildman–Crippen MR) is 88.0 cm³/mol. The molecule has 0 radical (unpaired) electrons. The van der Waals surface area contributed by atoms with Crippen molar-refractivity contribution in [3.05, 3.63) is 58.5 Å². The van der Waals surface area contributed by atoms with E-state index in [2.05, 4.69) is 10.3 Å². The first-order chi connectivity index (χ1) is 9.90. The predicted octanol–water partition coefficient (Wildman–Crippen LogP) is 3.64. The molecule has 0 saturated carbocycles. The Balaban J connectivity index is 2.31. The molecule has 0 fully saturated rings. The summed E-state index contributed by atoms with van der Waals surface area (Å²) >= 11 is 5.08. The van der Waals surface area contributed by atoms with Gasteiger partial charge in [0, 0.05) is 6.20 Å². The van der Waals surface area contributed by atoms with Gasteiger partial charge in [-0.2, -0.15) is 0 Å². The molecule has 110 valence electrons. The van der Waals surface area contributed by atoms with Gasteiger partial charge >= 0.3 is 0 Å². The molecule has 0 spiro atoms. The Labute approximate surface area is 129 Å². The Hall–Kier alpha value is -2.01. The van der Waals surface area contributed by atoms with Crippen LogP contribution < -0.4 is 11.1 Å². The van der Waals surface area contributed by atoms with Gasteiger partial charge in [-0.05, 0) is 49.6 Å². The summed E-state index contributed by atoms with van der Waals surface area (Å²) in [5.41, 5.74) is 8.93. The van der Waals surface area contributed by atoms with Crippen LogP contribution in [0.5, 0.6) is 0 Å². The molecule has 1 atom stereocenters. The van der Waals surface area contributed by atoms with Crippen LogP contribution in [0.4, 0.5) is 10.2 Å². The molecule has 21 heavy (non-hydrogen) atoms. The second-order valence-corrected chi connectivity index (χ2v) is 5.53. The standard InChI is InChI=1S/C16H18FN3S/c1-9-4-5-12(8-13(9)17)11(3)20-16-14(15(18)21)10(2)6-7-19-16/h4-8,11H,1-3H3,(H2,18,21)(H,19,20). The van der Waals surface area contributed by atoms with Crippen LogP contribution in [0, 0.1) is 19.7 Å². The number of nitrogens with two attached hydrogens (primary N) is 1. The van der Waals surface area contributed by atoms with Crippen LogP contribution in [0.1, 0.15) is 35.2 Å². The summed E-state index contributed by atoms with van der Waals surface area (Å²) in [6.45, 7) is 5.61. The summed E-state index contributed by atoms with van der Waals surface area (Å²) in [6, 6.07) is 6.94. The van der Waals surface area contributed by atoms with Gasteiger partial charge in [0.25, 0.3) is 0 Å². The first-order valence-corrected chi connectivity index (χ1v) is 7.09. The maximum atomic E-state index is 13.7. The van der Waals surface area contributed by atoms with Gasteiger partial charge < -0.3 is 11.1 Å². The van der Waals surface area contributed by atoms with Crippen molar-refractivity contribution in [3.8, 4) is 0 Å². The molecule has 1 heterocycles. The maximum absolute atomic E-state index is 13.7. The van der Waals surface area contributed by atoms with Gasteiger partial charge in [0.2, 0.25) is 0 Å². The lowest BCUT2D eigenvalue weighted by Gasteiger charge is -2.18. The third-order valence-corrected chi connectivity index (χ3v) is 3.66. The molecule has 5 heteroatoms. The topological polar surface area (TPSA) is 50.9 Å². The molecule has 2 aromatic rings. The second kappa shape index (κ2) is 6.18. The molecule has 3 N–H and O–H groups in total. The quantitative estimate of drug-likeness (QED) is 0.847. The Morgan fingerprint density at radius 2 is 2.00 bits per heavy atom. The van der Waals surface area contributed by atoms with E-state index in [4.69, 9.17) is 18.0 Å². The molecule has 2 rings (SSSR count). The molecule has 0 aliphatic rings. The Bertz CT molecular complexity index is 685. The van der Waals surface area contributed by atoms with E-state index >= 15 is 0 Å². The molecule has 1 aromatic heterocycles. The number of nitrogens with one attached hydrogen (secondary N) is 1. The molecular weight excluding hydrogens is 285 g/mol. The van der Waals surface area contributed by atoms with E-state index in [-0.39, 0.29) is 11.9 Å². The molecule has 0 saturated heterocycles. The van der Waals surface area contributed by atoms with Gasteiger partial charge in [-0.1, -0.05) is 24.4 Å². The smallest absolute Gasteiger partial charge is 0.136 e. The van der Waals surface area contributed by atoms with E-state index in [0.29, 0.717) is 16.4 Å². The van der Waals surface area contributed by atoms with Gasteiger partial charge in [0.15, 0.2) is 0 Å². The maximum Gasteiger partial charge on any atom is 0.136 e. The van der Waals surface area contributed by atoms with Crippen molar-refractivity contribution in [3.63, 3.8) is 0 Å². The van der Waals surface area contributed by atoms with E-state index in [0.717, 1.165) is 16.7 Å².